The van der Waals surface area contributed by atoms with Gasteiger partial charge in [0.15, 0.2) is 5.82 Å². The highest BCUT2D eigenvalue weighted by Gasteiger charge is 2.14. The summed E-state index contributed by atoms with van der Waals surface area (Å²) in [7, 11) is 0. The second kappa shape index (κ2) is 5.71. The van der Waals surface area contributed by atoms with Crippen molar-refractivity contribution in [3.63, 3.8) is 0 Å². The number of aromatic nitrogens is 4. The molecule has 0 aliphatic heterocycles. The highest BCUT2D eigenvalue weighted by molar-refractivity contribution is 7.98. The average Bonchev–Trinajstić information content (AvgIpc) is 2.83. The minimum atomic E-state index is 0.0375. The zero-order chi connectivity index (χ0) is 13.9. The summed E-state index contributed by atoms with van der Waals surface area (Å²) >= 11 is 1.69. The summed E-state index contributed by atoms with van der Waals surface area (Å²) in [4.78, 5) is 1.16. The molecule has 0 amide bonds. The maximum Gasteiger partial charge on any atom is 0.170 e. The number of hydrogen-bond acceptors (Lipinski definition) is 5. The molecule has 1 aromatic heterocycles. The van der Waals surface area contributed by atoms with Gasteiger partial charge in [-0.1, -0.05) is 12.1 Å². The Labute approximate surface area is 117 Å². The van der Waals surface area contributed by atoms with E-state index in [1.807, 2.05) is 18.2 Å². The van der Waals surface area contributed by atoms with Crippen molar-refractivity contribution in [1.82, 2.24) is 25.5 Å². The van der Waals surface area contributed by atoms with Crippen molar-refractivity contribution < 1.29 is 0 Å². The maximum atomic E-state index is 4.10. The highest BCUT2D eigenvalue weighted by Crippen LogP contribution is 2.23. The average molecular weight is 277 g/mol. The Morgan fingerprint density at radius 1 is 1.26 bits per heavy atom. The van der Waals surface area contributed by atoms with Gasteiger partial charge in [0, 0.05) is 10.4 Å². The smallest absolute Gasteiger partial charge is 0.170 e. The molecule has 1 aromatic carbocycles. The molecule has 2 aromatic rings. The lowest BCUT2D eigenvalue weighted by atomic mass is 10.1. The Morgan fingerprint density at radius 3 is 2.68 bits per heavy atom. The largest absolute Gasteiger partial charge is 0.305 e. The lowest BCUT2D eigenvalue weighted by molar-refractivity contribution is 0.415. The SMILES string of the molecule is CSc1ccccc1-n1nnnc1CNC(C)(C)C. The minimum absolute atomic E-state index is 0.0375. The quantitative estimate of drug-likeness (QED) is 0.869. The van der Waals surface area contributed by atoms with E-state index < -0.39 is 0 Å². The number of para-hydroxylation sites is 1. The van der Waals surface area contributed by atoms with Gasteiger partial charge in [0.2, 0.25) is 0 Å². The van der Waals surface area contributed by atoms with Crippen molar-refractivity contribution in [2.75, 3.05) is 6.26 Å². The first kappa shape index (κ1) is 14.0. The molecule has 0 atom stereocenters. The number of nitrogens with zero attached hydrogens (tertiary/aromatic N) is 4. The van der Waals surface area contributed by atoms with Crippen molar-refractivity contribution in [1.29, 1.82) is 0 Å². The predicted molar refractivity (Wildman–Crippen MR) is 77.5 cm³/mol. The van der Waals surface area contributed by atoms with E-state index in [2.05, 4.69) is 53.9 Å². The van der Waals surface area contributed by atoms with Crippen LogP contribution in [0, 0.1) is 0 Å². The van der Waals surface area contributed by atoms with Gasteiger partial charge in [0.25, 0.3) is 0 Å². The molecule has 6 heteroatoms. The Bertz CT molecular complexity index is 544. The van der Waals surface area contributed by atoms with Gasteiger partial charge in [0.05, 0.1) is 12.2 Å². The first-order chi connectivity index (χ1) is 9.01. The first-order valence-corrected chi connectivity index (χ1v) is 7.39. The molecule has 0 saturated carbocycles. The van der Waals surface area contributed by atoms with E-state index in [-0.39, 0.29) is 5.54 Å². The minimum Gasteiger partial charge on any atom is -0.305 e. The van der Waals surface area contributed by atoms with Crippen LogP contribution in [0.2, 0.25) is 0 Å². The van der Waals surface area contributed by atoms with Crippen LogP contribution in [-0.2, 0) is 6.54 Å². The summed E-state index contributed by atoms with van der Waals surface area (Å²) in [5, 5.41) is 15.4. The third-order valence-corrected chi connectivity index (χ3v) is 3.41. The highest BCUT2D eigenvalue weighted by atomic mass is 32.2. The van der Waals surface area contributed by atoms with Crippen LogP contribution in [0.4, 0.5) is 0 Å². The molecular weight excluding hydrogens is 258 g/mol. The fourth-order valence-electron chi connectivity index (χ4n) is 1.65. The van der Waals surface area contributed by atoms with Gasteiger partial charge < -0.3 is 5.32 Å². The fourth-order valence-corrected chi connectivity index (χ4v) is 2.23. The zero-order valence-corrected chi connectivity index (χ0v) is 12.5. The Kier molecular flexibility index (Phi) is 4.21. The molecule has 0 bridgehead atoms. The maximum absolute atomic E-state index is 4.10. The third kappa shape index (κ3) is 3.54. The van der Waals surface area contributed by atoms with Crippen molar-refractivity contribution in [2.45, 2.75) is 37.8 Å². The molecule has 1 heterocycles. The van der Waals surface area contributed by atoms with Crippen LogP contribution in [0.15, 0.2) is 29.2 Å². The molecule has 0 aliphatic rings. The number of tetrazole rings is 1. The van der Waals surface area contributed by atoms with Gasteiger partial charge in [-0.05, 0) is 49.6 Å². The molecule has 2 rings (SSSR count). The van der Waals surface area contributed by atoms with Crippen LogP contribution in [0.25, 0.3) is 5.69 Å². The molecule has 0 radical (unpaired) electrons. The molecule has 0 fully saturated rings. The predicted octanol–water partition coefficient (Wildman–Crippen LogP) is 2.27. The van der Waals surface area contributed by atoms with Crippen molar-refractivity contribution in [2.24, 2.45) is 0 Å². The van der Waals surface area contributed by atoms with Crippen molar-refractivity contribution >= 4 is 11.8 Å². The van der Waals surface area contributed by atoms with Crippen LogP contribution in [0.3, 0.4) is 0 Å². The van der Waals surface area contributed by atoms with E-state index in [0.717, 1.165) is 16.4 Å². The topological polar surface area (TPSA) is 55.6 Å². The second-order valence-electron chi connectivity index (χ2n) is 5.28. The van der Waals surface area contributed by atoms with Crippen molar-refractivity contribution in [3.8, 4) is 5.69 Å². The molecule has 1 N–H and O–H groups in total. The summed E-state index contributed by atoms with van der Waals surface area (Å²) in [6, 6.07) is 8.12. The normalized spacial score (nSPS) is 11.8. The lowest BCUT2D eigenvalue weighted by Crippen LogP contribution is -2.36. The van der Waals surface area contributed by atoms with E-state index in [0.29, 0.717) is 6.54 Å². The number of benzene rings is 1. The summed E-state index contributed by atoms with van der Waals surface area (Å²) in [6.07, 6.45) is 2.05. The Balaban J connectivity index is 2.29. The zero-order valence-electron chi connectivity index (χ0n) is 11.7. The van der Waals surface area contributed by atoms with Crippen LogP contribution >= 0.6 is 11.8 Å². The first-order valence-electron chi connectivity index (χ1n) is 6.17. The summed E-state index contributed by atoms with van der Waals surface area (Å²) in [6.45, 7) is 7.00. The standard InChI is InChI=1S/C13H19N5S/c1-13(2,3)14-9-12-15-16-17-18(12)10-7-5-6-8-11(10)19-4/h5-8,14H,9H2,1-4H3. The van der Waals surface area contributed by atoms with Crippen LogP contribution < -0.4 is 5.32 Å². The van der Waals surface area contributed by atoms with Gasteiger partial charge in [-0.3, -0.25) is 0 Å². The number of nitrogens with one attached hydrogen (secondary N) is 1. The lowest BCUT2D eigenvalue weighted by Gasteiger charge is -2.20. The van der Waals surface area contributed by atoms with Gasteiger partial charge in [0.1, 0.15) is 0 Å². The van der Waals surface area contributed by atoms with E-state index in [9.17, 15) is 0 Å². The molecular formula is C13H19N5S. The van der Waals surface area contributed by atoms with E-state index in [4.69, 9.17) is 0 Å². The van der Waals surface area contributed by atoms with Gasteiger partial charge >= 0.3 is 0 Å². The molecule has 5 nitrogen and oxygen atoms in total. The summed E-state index contributed by atoms with van der Waals surface area (Å²) < 4.78 is 1.80. The van der Waals surface area contributed by atoms with E-state index in [1.165, 1.54) is 0 Å². The number of thioether (sulfide) groups is 1. The molecule has 102 valence electrons. The molecule has 0 spiro atoms. The third-order valence-electron chi connectivity index (χ3n) is 2.62. The number of rotatable bonds is 4. The Morgan fingerprint density at radius 2 is 2.00 bits per heavy atom. The Hall–Kier alpha value is -1.40. The molecule has 0 aliphatic carbocycles. The second-order valence-corrected chi connectivity index (χ2v) is 6.13. The molecule has 0 unspecified atom stereocenters. The van der Waals surface area contributed by atoms with E-state index >= 15 is 0 Å². The van der Waals surface area contributed by atoms with Crippen LogP contribution in [-0.4, -0.2) is 32.0 Å². The van der Waals surface area contributed by atoms with Gasteiger partial charge in [-0.15, -0.1) is 16.9 Å². The van der Waals surface area contributed by atoms with Gasteiger partial charge in [-0.2, -0.15) is 4.68 Å². The fraction of sp³-hybridized carbons (Fsp3) is 0.462. The van der Waals surface area contributed by atoms with E-state index in [1.54, 1.807) is 16.4 Å². The van der Waals surface area contributed by atoms with Crippen molar-refractivity contribution in [3.05, 3.63) is 30.1 Å². The molecule has 19 heavy (non-hydrogen) atoms. The summed E-state index contributed by atoms with van der Waals surface area (Å²) in [5.41, 5.74) is 1.06. The summed E-state index contributed by atoms with van der Waals surface area (Å²) in [5.74, 6) is 0.816. The monoisotopic (exact) mass is 277 g/mol. The number of hydrogen-bond donors (Lipinski definition) is 1. The molecule has 0 saturated heterocycles. The van der Waals surface area contributed by atoms with Gasteiger partial charge in [-0.25, -0.2) is 0 Å². The van der Waals surface area contributed by atoms with Crippen LogP contribution in [0.1, 0.15) is 26.6 Å². The van der Waals surface area contributed by atoms with Crippen LogP contribution in [0.5, 0.6) is 0 Å².